The van der Waals surface area contributed by atoms with E-state index in [1.54, 1.807) is 47.4 Å². The van der Waals surface area contributed by atoms with Crippen molar-refractivity contribution in [2.45, 2.75) is 13.0 Å². The van der Waals surface area contributed by atoms with Gasteiger partial charge in [-0.2, -0.15) is 5.10 Å². The van der Waals surface area contributed by atoms with Gasteiger partial charge in [0.05, 0.1) is 11.9 Å². The number of rotatable bonds is 5. The predicted octanol–water partition coefficient (Wildman–Crippen LogP) is 5.60. The maximum Gasteiger partial charge on any atom is 0.280 e. The maximum atomic E-state index is 13.8. The summed E-state index contributed by atoms with van der Waals surface area (Å²) in [6.07, 6.45) is -1.45. The van der Waals surface area contributed by atoms with Crippen LogP contribution in [0.2, 0.25) is 10.0 Å². The molecule has 1 aliphatic rings. The van der Waals surface area contributed by atoms with Gasteiger partial charge in [-0.1, -0.05) is 59.6 Å². The van der Waals surface area contributed by atoms with Crippen molar-refractivity contribution >= 4 is 34.8 Å². The molecule has 35 heavy (non-hydrogen) atoms. The Morgan fingerprint density at radius 2 is 1.66 bits per heavy atom. The molecular weight excluding hydrogens is 495 g/mol. The van der Waals surface area contributed by atoms with E-state index in [2.05, 4.69) is 15.0 Å². The molecule has 2 aromatic heterocycles. The van der Waals surface area contributed by atoms with Crippen molar-refractivity contribution in [2.75, 3.05) is 26.2 Å². The van der Waals surface area contributed by atoms with Gasteiger partial charge in [-0.3, -0.25) is 9.69 Å². The molecule has 0 atom stereocenters. The molecule has 3 heterocycles. The zero-order chi connectivity index (χ0) is 24.5. The molecule has 0 N–H and O–H groups in total. The van der Waals surface area contributed by atoms with E-state index < -0.39 is 6.43 Å². The third kappa shape index (κ3) is 4.74. The van der Waals surface area contributed by atoms with Gasteiger partial charge < -0.3 is 4.90 Å². The monoisotopic (exact) mass is 515 g/mol. The normalized spacial score (nSPS) is 14.7. The quantitative estimate of drug-likeness (QED) is 0.347. The third-order valence-electron chi connectivity index (χ3n) is 6.13. The van der Waals surface area contributed by atoms with Gasteiger partial charge in [-0.15, -0.1) is 0 Å². The maximum absolute atomic E-state index is 13.8. The number of nitrogens with zero attached hydrogens (tertiary/aromatic N) is 5. The number of hydrogen-bond donors (Lipinski definition) is 0. The lowest BCUT2D eigenvalue weighted by Gasteiger charge is -2.34. The Morgan fingerprint density at radius 1 is 0.971 bits per heavy atom. The first-order chi connectivity index (χ1) is 16.9. The first-order valence-corrected chi connectivity index (χ1v) is 11.8. The molecular formula is C25H21Cl2F2N5O. The van der Waals surface area contributed by atoms with E-state index in [9.17, 15) is 13.6 Å². The van der Waals surface area contributed by atoms with Crippen molar-refractivity contribution in [3.63, 3.8) is 0 Å². The van der Waals surface area contributed by atoms with Crippen LogP contribution in [0.1, 0.15) is 28.0 Å². The number of benzene rings is 2. The fourth-order valence-electron chi connectivity index (χ4n) is 4.24. The SMILES string of the molecule is O=C(c1cnn2c(C(F)F)cc(-c3ccccc3)nc12)N1CCN(Cc2c(Cl)cccc2Cl)CC1. The smallest absolute Gasteiger partial charge is 0.280 e. The molecule has 2 aromatic carbocycles. The van der Waals surface area contributed by atoms with Crippen LogP contribution in [0.4, 0.5) is 8.78 Å². The number of hydrogen-bond acceptors (Lipinski definition) is 4. The van der Waals surface area contributed by atoms with E-state index in [0.29, 0.717) is 54.0 Å². The molecule has 0 unspecified atom stereocenters. The molecule has 0 saturated carbocycles. The summed E-state index contributed by atoms with van der Waals surface area (Å²) >= 11 is 12.6. The Hall–Kier alpha value is -3.07. The molecule has 0 aliphatic carbocycles. The number of fused-ring (bicyclic) bond motifs is 1. The Labute approximate surface area is 210 Å². The second-order valence-electron chi connectivity index (χ2n) is 8.30. The minimum absolute atomic E-state index is 0.122. The summed E-state index contributed by atoms with van der Waals surface area (Å²) in [5.74, 6) is -0.284. The van der Waals surface area contributed by atoms with Crippen molar-refractivity contribution in [2.24, 2.45) is 0 Å². The van der Waals surface area contributed by atoms with Crippen molar-refractivity contribution in [3.8, 4) is 11.3 Å². The van der Waals surface area contributed by atoms with Crippen molar-refractivity contribution in [1.29, 1.82) is 0 Å². The minimum atomic E-state index is -2.77. The first-order valence-electron chi connectivity index (χ1n) is 11.1. The molecule has 1 amide bonds. The van der Waals surface area contributed by atoms with E-state index in [0.717, 1.165) is 10.1 Å². The molecule has 4 aromatic rings. The summed E-state index contributed by atoms with van der Waals surface area (Å²) in [6, 6.07) is 15.7. The summed E-state index contributed by atoms with van der Waals surface area (Å²) in [5.41, 5.74) is 1.92. The Bertz CT molecular complexity index is 1350. The van der Waals surface area contributed by atoms with Gasteiger partial charge in [0, 0.05) is 53.9 Å². The molecule has 180 valence electrons. The minimum Gasteiger partial charge on any atom is -0.336 e. The zero-order valence-corrected chi connectivity index (χ0v) is 20.1. The fourth-order valence-corrected chi connectivity index (χ4v) is 4.75. The molecule has 0 spiro atoms. The summed E-state index contributed by atoms with van der Waals surface area (Å²) in [6.45, 7) is 2.77. The summed E-state index contributed by atoms with van der Waals surface area (Å²) in [5, 5.41) is 5.29. The number of carbonyl (C=O) groups excluding carboxylic acids is 1. The summed E-state index contributed by atoms with van der Waals surface area (Å²) < 4.78 is 28.7. The van der Waals surface area contributed by atoms with Crippen LogP contribution in [0.25, 0.3) is 16.9 Å². The van der Waals surface area contributed by atoms with Crippen LogP contribution < -0.4 is 0 Å². The highest BCUT2D eigenvalue weighted by molar-refractivity contribution is 6.35. The fraction of sp³-hybridized carbons (Fsp3) is 0.240. The first kappa shape index (κ1) is 23.7. The summed E-state index contributed by atoms with van der Waals surface area (Å²) in [7, 11) is 0. The Morgan fingerprint density at radius 3 is 2.31 bits per heavy atom. The predicted molar refractivity (Wildman–Crippen MR) is 131 cm³/mol. The molecule has 10 heteroatoms. The number of carbonyl (C=O) groups is 1. The highest BCUT2D eigenvalue weighted by Crippen LogP contribution is 2.28. The largest absolute Gasteiger partial charge is 0.336 e. The van der Waals surface area contributed by atoms with E-state index in [-0.39, 0.29) is 22.8 Å². The van der Waals surface area contributed by atoms with Gasteiger partial charge in [0.15, 0.2) is 5.65 Å². The lowest BCUT2D eigenvalue weighted by Crippen LogP contribution is -2.48. The number of halogens is 4. The van der Waals surface area contributed by atoms with Gasteiger partial charge in [0.25, 0.3) is 12.3 Å². The topological polar surface area (TPSA) is 53.7 Å². The Balaban J connectivity index is 1.38. The standard InChI is InChI=1S/C25H21Cl2F2N5O/c26-19-7-4-8-20(27)18(19)15-32-9-11-33(12-10-32)25(35)17-14-30-34-22(23(28)29)13-21(31-24(17)34)16-5-2-1-3-6-16/h1-8,13-14,23H,9-12,15H2. The highest BCUT2D eigenvalue weighted by atomic mass is 35.5. The van der Waals surface area contributed by atoms with E-state index >= 15 is 0 Å². The van der Waals surface area contributed by atoms with Gasteiger partial charge in [0.1, 0.15) is 11.3 Å². The van der Waals surface area contributed by atoms with Crippen molar-refractivity contribution < 1.29 is 13.6 Å². The van der Waals surface area contributed by atoms with Crippen LogP contribution in [0.15, 0.2) is 60.8 Å². The molecule has 0 bridgehead atoms. The molecule has 1 fully saturated rings. The van der Waals surface area contributed by atoms with E-state index in [1.165, 1.54) is 12.3 Å². The number of amides is 1. The molecule has 1 aliphatic heterocycles. The van der Waals surface area contributed by atoms with Crippen molar-refractivity contribution in [1.82, 2.24) is 24.4 Å². The van der Waals surface area contributed by atoms with Gasteiger partial charge >= 0.3 is 0 Å². The van der Waals surface area contributed by atoms with Crippen LogP contribution >= 0.6 is 23.2 Å². The second-order valence-corrected chi connectivity index (χ2v) is 9.11. The number of piperazine rings is 1. The average molecular weight is 516 g/mol. The van der Waals surface area contributed by atoms with Crippen LogP contribution in [0, 0.1) is 0 Å². The third-order valence-corrected chi connectivity index (χ3v) is 6.83. The van der Waals surface area contributed by atoms with Crippen molar-refractivity contribution in [3.05, 3.63) is 87.7 Å². The molecule has 1 saturated heterocycles. The van der Waals surface area contributed by atoms with Gasteiger partial charge in [0.2, 0.25) is 0 Å². The number of alkyl halides is 2. The van der Waals surface area contributed by atoms with Gasteiger partial charge in [-0.05, 0) is 18.2 Å². The lowest BCUT2D eigenvalue weighted by molar-refractivity contribution is 0.0630. The van der Waals surface area contributed by atoms with Gasteiger partial charge in [-0.25, -0.2) is 18.3 Å². The lowest BCUT2D eigenvalue weighted by atomic mass is 10.1. The highest BCUT2D eigenvalue weighted by Gasteiger charge is 2.27. The average Bonchev–Trinajstić information content (AvgIpc) is 3.30. The van der Waals surface area contributed by atoms with E-state index in [4.69, 9.17) is 23.2 Å². The Kier molecular flexibility index (Phi) is 6.69. The molecule has 0 radical (unpaired) electrons. The zero-order valence-electron chi connectivity index (χ0n) is 18.5. The van der Waals surface area contributed by atoms with Crippen LogP contribution in [0.3, 0.4) is 0 Å². The second kappa shape index (κ2) is 9.89. The van der Waals surface area contributed by atoms with Crippen LogP contribution in [-0.2, 0) is 6.54 Å². The van der Waals surface area contributed by atoms with Crippen LogP contribution in [0.5, 0.6) is 0 Å². The summed E-state index contributed by atoms with van der Waals surface area (Å²) in [4.78, 5) is 21.8. The van der Waals surface area contributed by atoms with Crippen LogP contribution in [-0.4, -0.2) is 56.5 Å². The van der Waals surface area contributed by atoms with E-state index in [1.807, 2.05) is 6.07 Å². The molecule has 6 nitrogen and oxygen atoms in total. The number of aromatic nitrogens is 3. The molecule has 5 rings (SSSR count).